The Bertz CT molecular complexity index is 358. The lowest BCUT2D eigenvalue weighted by atomic mass is 10.2. The van der Waals surface area contributed by atoms with Crippen molar-refractivity contribution >= 4 is 0 Å². The van der Waals surface area contributed by atoms with Gasteiger partial charge in [-0.2, -0.15) is 0 Å². The van der Waals surface area contributed by atoms with E-state index in [4.69, 9.17) is 0 Å². The Morgan fingerprint density at radius 2 is 1.94 bits per heavy atom. The van der Waals surface area contributed by atoms with Crippen molar-refractivity contribution in [3.05, 3.63) is 35.9 Å². The molecule has 3 rings (SSSR count). The third-order valence-corrected chi connectivity index (χ3v) is 3.98. The Kier molecular flexibility index (Phi) is 3.17. The van der Waals surface area contributed by atoms with Gasteiger partial charge in [0.2, 0.25) is 0 Å². The lowest BCUT2D eigenvalue weighted by molar-refractivity contribution is 0.257. The fourth-order valence-electron chi connectivity index (χ4n) is 2.84. The van der Waals surface area contributed by atoms with Crippen LogP contribution in [0.3, 0.4) is 0 Å². The SMILES string of the molecule is CC1CC(NC2CC2)CN1Cc1ccccc1. The minimum absolute atomic E-state index is 0.714. The topological polar surface area (TPSA) is 15.3 Å². The van der Waals surface area contributed by atoms with Gasteiger partial charge in [-0.3, -0.25) is 4.90 Å². The molecule has 1 aromatic carbocycles. The maximum absolute atomic E-state index is 3.76. The van der Waals surface area contributed by atoms with Crippen molar-refractivity contribution in [1.29, 1.82) is 0 Å². The molecular formula is C15H22N2. The third kappa shape index (κ3) is 2.88. The van der Waals surface area contributed by atoms with E-state index in [0.29, 0.717) is 6.04 Å². The van der Waals surface area contributed by atoms with Crippen LogP contribution in [0.15, 0.2) is 30.3 Å². The maximum Gasteiger partial charge on any atom is 0.0237 e. The quantitative estimate of drug-likeness (QED) is 0.854. The number of hydrogen-bond acceptors (Lipinski definition) is 2. The van der Waals surface area contributed by atoms with Crippen molar-refractivity contribution in [3.8, 4) is 0 Å². The second-order valence-electron chi connectivity index (χ2n) is 5.64. The molecule has 0 bridgehead atoms. The van der Waals surface area contributed by atoms with Gasteiger partial charge in [0.1, 0.15) is 0 Å². The monoisotopic (exact) mass is 230 g/mol. The molecular weight excluding hydrogens is 208 g/mol. The molecule has 0 aromatic heterocycles. The molecule has 1 saturated carbocycles. The Morgan fingerprint density at radius 3 is 2.65 bits per heavy atom. The van der Waals surface area contributed by atoms with Gasteiger partial charge in [-0.15, -0.1) is 0 Å². The fraction of sp³-hybridized carbons (Fsp3) is 0.600. The molecule has 1 aromatic rings. The van der Waals surface area contributed by atoms with Crippen LogP contribution in [0.5, 0.6) is 0 Å². The molecule has 1 N–H and O–H groups in total. The first-order valence-corrected chi connectivity index (χ1v) is 6.85. The number of nitrogens with zero attached hydrogens (tertiary/aromatic N) is 1. The first-order chi connectivity index (χ1) is 8.31. The van der Waals surface area contributed by atoms with Crippen molar-refractivity contribution in [1.82, 2.24) is 10.2 Å². The lowest BCUT2D eigenvalue weighted by Gasteiger charge is -2.20. The second kappa shape index (κ2) is 4.79. The number of nitrogens with one attached hydrogen (secondary N) is 1. The molecule has 17 heavy (non-hydrogen) atoms. The van der Waals surface area contributed by atoms with Crippen LogP contribution in [0, 0.1) is 0 Å². The van der Waals surface area contributed by atoms with Gasteiger partial charge in [-0.05, 0) is 31.7 Å². The number of hydrogen-bond donors (Lipinski definition) is 1. The van der Waals surface area contributed by atoms with Gasteiger partial charge in [-0.1, -0.05) is 30.3 Å². The largest absolute Gasteiger partial charge is 0.310 e. The molecule has 1 heterocycles. The van der Waals surface area contributed by atoms with Crippen LogP contribution in [0.2, 0.25) is 0 Å². The van der Waals surface area contributed by atoms with Crippen LogP contribution >= 0.6 is 0 Å². The van der Waals surface area contributed by atoms with Crippen molar-refractivity contribution in [3.63, 3.8) is 0 Å². The molecule has 1 saturated heterocycles. The molecule has 2 nitrogen and oxygen atoms in total. The highest BCUT2D eigenvalue weighted by Gasteiger charge is 2.32. The van der Waals surface area contributed by atoms with Crippen LogP contribution in [-0.4, -0.2) is 29.6 Å². The summed E-state index contributed by atoms with van der Waals surface area (Å²) in [5, 5.41) is 3.76. The van der Waals surface area contributed by atoms with Crippen LogP contribution in [0.1, 0.15) is 31.7 Å². The van der Waals surface area contributed by atoms with Gasteiger partial charge < -0.3 is 5.32 Å². The van der Waals surface area contributed by atoms with E-state index in [1.165, 1.54) is 31.4 Å². The molecule has 0 radical (unpaired) electrons. The first-order valence-electron chi connectivity index (χ1n) is 6.85. The molecule has 0 spiro atoms. The van der Waals surface area contributed by atoms with Gasteiger partial charge in [0.05, 0.1) is 0 Å². The van der Waals surface area contributed by atoms with Gasteiger partial charge in [0, 0.05) is 31.2 Å². The molecule has 2 heteroatoms. The highest BCUT2D eigenvalue weighted by Crippen LogP contribution is 2.25. The van der Waals surface area contributed by atoms with E-state index in [1.807, 2.05) is 0 Å². The summed E-state index contributed by atoms with van der Waals surface area (Å²) in [5.74, 6) is 0. The Morgan fingerprint density at radius 1 is 1.18 bits per heavy atom. The fourth-order valence-corrected chi connectivity index (χ4v) is 2.84. The Balaban J connectivity index is 1.56. The summed E-state index contributed by atoms with van der Waals surface area (Å²) in [6.07, 6.45) is 4.09. The van der Waals surface area contributed by atoms with E-state index in [1.54, 1.807) is 0 Å². The molecule has 2 unspecified atom stereocenters. The van der Waals surface area contributed by atoms with E-state index in [9.17, 15) is 0 Å². The predicted molar refractivity (Wildman–Crippen MR) is 70.9 cm³/mol. The molecule has 1 aliphatic heterocycles. The highest BCUT2D eigenvalue weighted by atomic mass is 15.2. The standard InChI is InChI=1S/C15H22N2/c1-12-9-15(16-14-7-8-14)11-17(12)10-13-5-3-2-4-6-13/h2-6,12,14-16H,7-11H2,1H3. The summed E-state index contributed by atoms with van der Waals surface area (Å²) in [7, 11) is 0. The van der Waals surface area contributed by atoms with Crippen molar-refractivity contribution in [2.24, 2.45) is 0 Å². The van der Waals surface area contributed by atoms with Crippen LogP contribution in [-0.2, 0) is 6.54 Å². The van der Waals surface area contributed by atoms with Gasteiger partial charge in [-0.25, -0.2) is 0 Å². The van der Waals surface area contributed by atoms with E-state index in [0.717, 1.165) is 18.6 Å². The zero-order chi connectivity index (χ0) is 11.7. The van der Waals surface area contributed by atoms with E-state index >= 15 is 0 Å². The van der Waals surface area contributed by atoms with Crippen molar-refractivity contribution < 1.29 is 0 Å². The van der Waals surface area contributed by atoms with E-state index in [-0.39, 0.29) is 0 Å². The van der Waals surface area contributed by atoms with Crippen LogP contribution in [0.4, 0.5) is 0 Å². The number of benzene rings is 1. The number of rotatable bonds is 4. The molecule has 2 atom stereocenters. The Labute approximate surface area is 104 Å². The minimum Gasteiger partial charge on any atom is -0.310 e. The molecule has 0 amide bonds. The van der Waals surface area contributed by atoms with Crippen LogP contribution in [0.25, 0.3) is 0 Å². The average molecular weight is 230 g/mol. The molecule has 1 aliphatic carbocycles. The summed E-state index contributed by atoms with van der Waals surface area (Å²) in [5.41, 5.74) is 1.44. The third-order valence-electron chi connectivity index (χ3n) is 3.98. The molecule has 2 aliphatic rings. The number of likely N-dealkylation sites (tertiary alicyclic amines) is 1. The summed E-state index contributed by atoms with van der Waals surface area (Å²) < 4.78 is 0. The highest BCUT2D eigenvalue weighted by molar-refractivity contribution is 5.15. The summed E-state index contributed by atoms with van der Waals surface area (Å²) >= 11 is 0. The predicted octanol–water partition coefficient (Wildman–Crippen LogP) is 2.40. The normalized spacial score (nSPS) is 29.7. The smallest absolute Gasteiger partial charge is 0.0237 e. The van der Waals surface area contributed by atoms with Gasteiger partial charge in [0.15, 0.2) is 0 Å². The summed E-state index contributed by atoms with van der Waals surface area (Å²) in [6.45, 7) is 4.68. The zero-order valence-corrected chi connectivity index (χ0v) is 10.6. The van der Waals surface area contributed by atoms with Crippen molar-refractivity contribution in [2.45, 2.75) is 50.9 Å². The lowest BCUT2D eigenvalue weighted by Crippen LogP contribution is -2.34. The zero-order valence-electron chi connectivity index (χ0n) is 10.6. The first kappa shape index (κ1) is 11.2. The average Bonchev–Trinajstić information content (AvgIpc) is 3.07. The molecule has 92 valence electrons. The summed E-state index contributed by atoms with van der Waals surface area (Å²) in [6, 6.07) is 13.1. The second-order valence-corrected chi connectivity index (χ2v) is 5.64. The van der Waals surface area contributed by atoms with Crippen LogP contribution < -0.4 is 5.32 Å². The van der Waals surface area contributed by atoms with Gasteiger partial charge in [0.25, 0.3) is 0 Å². The van der Waals surface area contributed by atoms with E-state index in [2.05, 4.69) is 47.5 Å². The Hall–Kier alpha value is -0.860. The van der Waals surface area contributed by atoms with Crippen molar-refractivity contribution in [2.75, 3.05) is 6.54 Å². The van der Waals surface area contributed by atoms with Gasteiger partial charge >= 0.3 is 0 Å². The summed E-state index contributed by atoms with van der Waals surface area (Å²) in [4.78, 5) is 2.61. The molecule has 2 fully saturated rings. The van der Waals surface area contributed by atoms with E-state index < -0.39 is 0 Å². The maximum atomic E-state index is 3.76. The minimum atomic E-state index is 0.714.